The Bertz CT molecular complexity index is 605. The van der Waals surface area contributed by atoms with Gasteiger partial charge in [-0.2, -0.15) is 0 Å². The van der Waals surface area contributed by atoms with E-state index in [2.05, 4.69) is 32.0 Å². The molecular weight excluding hydrogens is 276 g/mol. The lowest BCUT2D eigenvalue weighted by molar-refractivity contribution is -0.148. The standard InChI is InChI=1S/C18H24N2O2/c1-12-6-7-15(9-13(12)2)17-5-4-8-20(17)18(22)16-10-19(11-16)14(3)21/h6-7,9,16-17H,4-5,8,10-11H2,1-3H3. The van der Waals surface area contributed by atoms with Crippen LogP contribution in [-0.2, 0) is 9.59 Å². The van der Waals surface area contributed by atoms with Crippen LogP contribution >= 0.6 is 0 Å². The van der Waals surface area contributed by atoms with Crippen LogP contribution in [0.4, 0.5) is 0 Å². The van der Waals surface area contributed by atoms with E-state index < -0.39 is 0 Å². The highest BCUT2D eigenvalue weighted by atomic mass is 16.2. The Kier molecular flexibility index (Phi) is 3.94. The molecule has 2 aliphatic rings. The molecule has 0 aliphatic carbocycles. The Morgan fingerprint density at radius 3 is 2.50 bits per heavy atom. The summed E-state index contributed by atoms with van der Waals surface area (Å²) in [6, 6.07) is 6.72. The average molecular weight is 300 g/mol. The number of carbonyl (C=O) groups excluding carboxylic acids is 2. The molecule has 2 saturated heterocycles. The molecule has 0 bridgehead atoms. The summed E-state index contributed by atoms with van der Waals surface area (Å²) in [5.74, 6) is 0.283. The lowest BCUT2D eigenvalue weighted by Gasteiger charge is -2.40. The van der Waals surface area contributed by atoms with Gasteiger partial charge < -0.3 is 9.80 Å². The fourth-order valence-corrected chi connectivity index (χ4v) is 3.48. The Morgan fingerprint density at radius 2 is 1.86 bits per heavy atom. The van der Waals surface area contributed by atoms with Gasteiger partial charge in [-0.25, -0.2) is 0 Å². The van der Waals surface area contributed by atoms with Crippen molar-refractivity contribution in [3.05, 3.63) is 34.9 Å². The van der Waals surface area contributed by atoms with Crippen LogP contribution in [0.25, 0.3) is 0 Å². The van der Waals surface area contributed by atoms with E-state index in [9.17, 15) is 9.59 Å². The third-order valence-electron chi connectivity index (χ3n) is 5.13. The molecule has 1 unspecified atom stereocenters. The Balaban J connectivity index is 1.72. The smallest absolute Gasteiger partial charge is 0.229 e. The first kappa shape index (κ1) is 15.1. The summed E-state index contributed by atoms with van der Waals surface area (Å²) < 4.78 is 0. The Morgan fingerprint density at radius 1 is 1.14 bits per heavy atom. The number of rotatable bonds is 2. The van der Waals surface area contributed by atoms with E-state index in [-0.39, 0.29) is 23.8 Å². The lowest BCUT2D eigenvalue weighted by atomic mass is 9.95. The third kappa shape index (κ3) is 2.62. The van der Waals surface area contributed by atoms with Crippen LogP contribution in [0, 0.1) is 19.8 Å². The molecule has 1 aromatic rings. The molecule has 0 saturated carbocycles. The number of benzene rings is 1. The molecule has 4 nitrogen and oxygen atoms in total. The van der Waals surface area contributed by atoms with Crippen molar-refractivity contribution in [2.24, 2.45) is 5.92 Å². The first-order valence-electron chi connectivity index (χ1n) is 8.10. The number of amides is 2. The van der Waals surface area contributed by atoms with Crippen molar-refractivity contribution < 1.29 is 9.59 Å². The van der Waals surface area contributed by atoms with E-state index >= 15 is 0 Å². The van der Waals surface area contributed by atoms with Gasteiger partial charge in [0.15, 0.2) is 0 Å². The van der Waals surface area contributed by atoms with E-state index in [1.54, 1.807) is 11.8 Å². The molecule has 2 amide bonds. The first-order chi connectivity index (χ1) is 10.5. The van der Waals surface area contributed by atoms with E-state index in [0.717, 1.165) is 19.4 Å². The van der Waals surface area contributed by atoms with Crippen molar-refractivity contribution in [3.63, 3.8) is 0 Å². The number of carbonyl (C=O) groups is 2. The SMILES string of the molecule is CC(=O)N1CC(C(=O)N2CCCC2c2ccc(C)c(C)c2)C1. The minimum Gasteiger partial charge on any atom is -0.341 e. The van der Waals surface area contributed by atoms with Crippen molar-refractivity contribution in [2.75, 3.05) is 19.6 Å². The number of likely N-dealkylation sites (tertiary alicyclic amines) is 2. The summed E-state index contributed by atoms with van der Waals surface area (Å²) >= 11 is 0. The average Bonchev–Trinajstić information content (AvgIpc) is 2.88. The summed E-state index contributed by atoms with van der Waals surface area (Å²) in [4.78, 5) is 27.8. The monoisotopic (exact) mass is 300 g/mol. The first-order valence-corrected chi connectivity index (χ1v) is 8.10. The van der Waals surface area contributed by atoms with Crippen LogP contribution in [0.1, 0.15) is 42.5 Å². The zero-order valence-corrected chi connectivity index (χ0v) is 13.6. The van der Waals surface area contributed by atoms with Gasteiger partial charge >= 0.3 is 0 Å². The molecule has 2 aliphatic heterocycles. The van der Waals surface area contributed by atoms with Crippen LogP contribution in [0.2, 0.25) is 0 Å². The maximum atomic E-state index is 12.7. The van der Waals surface area contributed by atoms with Crippen molar-refractivity contribution in [1.29, 1.82) is 0 Å². The fraction of sp³-hybridized carbons (Fsp3) is 0.556. The van der Waals surface area contributed by atoms with Crippen LogP contribution in [0.5, 0.6) is 0 Å². The summed E-state index contributed by atoms with van der Waals surface area (Å²) in [5.41, 5.74) is 3.82. The second kappa shape index (κ2) is 5.75. The molecule has 0 N–H and O–H groups in total. The van der Waals surface area contributed by atoms with Gasteiger partial charge in [0, 0.05) is 26.6 Å². The van der Waals surface area contributed by atoms with Gasteiger partial charge in [-0.15, -0.1) is 0 Å². The predicted molar refractivity (Wildman–Crippen MR) is 85.3 cm³/mol. The third-order valence-corrected chi connectivity index (χ3v) is 5.13. The summed E-state index contributed by atoms with van der Waals surface area (Å²) in [6.45, 7) is 7.81. The largest absolute Gasteiger partial charge is 0.341 e. The molecule has 0 aromatic heterocycles. The van der Waals surface area contributed by atoms with E-state index in [1.165, 1.54) is 16.7 Å². The fourth-order valence-electron chi connectivity index (χ4n) is 3.48. The normalized spacial score (nSPS) is 21.9. The molecule has 2 fully saturated rings. The summed E-state index contributed by atoms with van der Waals surface area (Å²) in [6.07, 6.45) is 2.10. The quantitative estimate of drug-likeness (QED) is 0.842. The van der Waals surface area contributed by atoms with Crippen molar-refractivity contribution >= 4 is 11.8 Å². The van der Waals surface area contributed by atoms with Crippen molar-refractivity contribution in [1.82, 2.24) is 9.80 Å². The second-order valence-electron chi connectivity index (χ2n) is 6.65. The van der Waals surface area contributed by atoms with Crippen LogP contribution in [0.15, 0.2) is 18.2 Å². The molecule has 3 rings (SSSR count). The highest BCUT2D eigenvalue weighted by Crippen LogP contribution is 2.35. The molecule has 1 aromatic carbocycles. The topological polar surface area (TPSA) is 40.6 Å². The number of nitrogens with zero attached hydrogens (tertiary/aromatic N) is 2. The summed E-state index contributed by atoms with van der Waals surface area (Å²) in [5, 5.41) is 0. The van der Waals surface area contributed by atoms with Gasteiger partial charge in [-0.05, 0) is 43.4 Å². The number of hydrogen-bond donors (Lipinski definition) is 0. The minimum atomic E-state index is -0.00366. The number of aryl methyl sites for hydroxylation is 2. The molecule has 1 atom stereocenters. The maximum absolute atomic E-state index is 12.7. The molecule has 118 valence electrons. The highest BCUT2D eigenvalue weighted by Gasteiger charge is 2.40. The van der Waals surface area contributed by atoms with Gasteiger partial charge in [0.1, 0.15) is 0 Å². The molecule has 0 spiro atoms. The predicted octanol–water partition coefficient (Wildman–Crippen LogP) is 2.45. The molecule has 2 heterocycles. The van der Waals surface area contributed by atoms with Crippen molar-refractivity contribution in [3.8, 4) is 0 Å². The van der Waals surface area contributed by atoms with E-state index in [4.69, 9.17) is 0 Å². The zero-order valence-electron chi connectivity index (χ0n) is 13.6. The summed E-state index contributed by atoms with van der Waals surface area (Å²) in [7, 11) is 0. The van der Waals surface area contributed by atoms with Gasteiger partial charge in [0.2, 0.25) is 11.8 Å². The van der Waals surface area contributed by atoms with Gasteiger partial charge in [-0.1, -0.05) is 18.2 Å². The van der Waals surface area contributed by atoms with Gasteiger partial charge in [-0.3, -0.25) is 9.59 Å². The second-order valence-corrected chi connectivity index (χ2v) is 6.65. The molecule has 4 heteroatoms. The number of hydrogen-bond acceptors (Lipinski definition) is 2. The lowest BCUT2D eigenvalue weighted by Crippen LogP contribution is -2.55. The van der Waals surface area contributed by atoms with E-state index in [1.807, 2.05) is 4.90 Å². The van der Waals surface area contributed by atoms with Gasteiger partial charge in [0.05, 0.1) is 12.0 Å². The molecular formula is C18H24N2O2. The zero-order chi connectivity index (χ0) is 15.9. The van der Waals surface area contributed by atoms with Crippen LogP contribution < -0.4 is 0 Å². The van der Waals surface area contributed by atoms with Crippen LogP contribution in [0.3, 0.4) is 0 Å². The minimum absolute atomic E-state index is 0.00366. The Hall–Kier alpha value is -1.84. The van der Waals surface area contributed by atoms with E-state index in [0.29, 0.717) is 13.1 Å². The van der Waals surface area contributed by atoms with Crippen molar-refractivity contribution in [2.45, 2.75) is 39.7 Å². The van der Waals surface area contributed by atoms with Gasteiger partial charge in [0.25, 0.3) is 0 Å². The highest BCUT2D eigenvalue weighted by molar-refractivity contribution is 5.84. The van der Waals surface area contributed by atoms with Crippen LogP contribution in [-0.4, -0.2) is 41.2 Å². The molecule has 22 heavy (non-hydrogen) atoms. The maximum Gasteiger partial charge on any atom is 0.229 e. The molecule has 0 radical (unpaired) electrons. The Labute approximate surface area is 132 Å².